The van der Waals surface area contributed by atoms with E-state index in [1.807, 2.05) is 0 Å². The first-order valence-electron chi connectivity index (χ1n) is 7.31. The fourth-order valence-corrected chi connectivity index (χ4v) is 3.75. The molecule has 2 fully saturated rings. The Morgan fingerprint density at radius 3 is 2.24 bits per heavy atom. The van der Waals surface area contributed by atoms with Crippen LogP contribution in [0.2, 0.25) is 0 Å². The van der Waals surface area contributed by atoms with E-state index >= 15 is 0 Å². The van der Waals surface area contributed by atoms with Crippen LogP contribution in [0.3, 0.4) is 0 Å². The van der Waals surface area contributed by atoms with E-state index in [-0.39, 0.29) is 0 Å². The normalized spacial score (nSPS) is 35.1. The lowest BCUT2D eigenvalue weighted by Crippen LogP contribution is -2.48. The van der Waals surface area contributed by atoms with Crippen molar-refractivity contribution in [2.24, 2.45) is 16.7 Å². The molecule has 0 radical (unpaired) electrons. The van der Waals surface area contributed by atoms with Crippen molar-refractivity contribution in [3.63, 3.8) is 0 Å². The lowest BCUT2D eigenvalue weighted by molar-refractivity contribution is 0.333. The maximum atomic E-state index is 3.73. The average Bonchev–Trinajstić information content (AvgIpc) is 2.65. The molecule has 1 atom stereocenters. The van der Waals surface area contributed by atoms with E-state index in [1.165, 1.54) is 32.4 Å². The summed E-state index contributed by atoms with van der Waals surface area (Å²) in [4.78, 5) is 0. The monoisotopic (exact) mass is 238 g/mol. The van der Waals surface area contributed by atoms with Gasteiger partial charge >= 0.3 is 0 Å². The average molecular weight is 238 g/mol. The van der Waals surface area contributed by atoms with Crippen LogP contribution in [-0.4, -0.2) is 25.2 Å². The highest BCUT2D eigenvalue weighted by Crippen LogP contribution is 2.67. The standard InChI is InChI=1S/C15H30N2/c1-6-15(8-7-9-17-15)11-16-10-12-13(2,3)14(12,4)5/h12,16-17H,6-11H2,1-5H3. The van der Waals surface area contributed by atoms with Crippen LogP contribution in [0.15, 0.2) is 0 Å². The Labute approximate surface area is 107 Å². The number of rotatable bonds is 5. The molecule has 0 aromatic carbocycles. The summed E-state index contributed by atoms with van der Waals surface area (Å²) < 4.78 is 0. The molecule has 2 aliphatic rings. The van der Waals surface area contributed by atoms with Gasteiger partial charge in [-0.15, -0.1) is 0 Å². The molecule has 0 amide bonds. The molecule has 0 spiro atoms. The summed E-state index contributed by atoms with van der Waals surface area (Å²) >= 11 is 0. The Bertz CT molecular complexity index is 261. The lowest BCUT2D eigenvalue weighted by Gasteiger charge is -2.28. The Balaban J connectivity index is 1.77. The van der Waals surface area contributed by atoms with Crippen molar-refractivity contribution >= 4 is 0 Å². The first-order valence-corrected chi connectivity index (χ1v) is 7.31. The third-order valence-corrected chi connectivity index (χ3v) is 6.14. The summed E-state index contributed by atoms with van der Waals surface area (Å²) in [7, 11) is 0. The van der Waals surface area contributed by atoms with Gasteiger partial charge < -0.3 is 10.6 Å². The van der Waals surface area contributed by atoms with Crippen molar-refractivity contribution < 1.29 is 0 Å². The second-order valence-corrected chi connectivity index (χ2v) is 7.29. The van der Waals surface area contributed by atoms with E-state index < -0.39 is 0 Å². The van der Waals surface area contributed by atoms with E-state index in [4.69, 9.17) is 0 Å². The highest BCUT2D eigenvalue weighted by Gasteiger charge is 2.63. The minimum absolute atomic E-state index is 0.392. The van der Waals surface area contributed by atoms with Gasteiger partial charge in [-0.3, -0.25) is 0 Å². The van der Waals surface area contributed by atoms with Gasteiger partial charge in [-0.05, 0) is 49.1 Å². The molecule has 1 unspecified atom stereocenters. The van der Waals surface area contributed by atoms with Gasteiger partial charge in [0.05, 0.1) is 0 Å². The second kappa shape index (κ2) is 4.24. The number of nitrogens with one attached hydrogen (secondary N) is 2. The zero-order valence-corrected chi connectivity index (χ0v) is 12.3. The zero-order valence-electron chi connectivity index (χ0n) is 12.3. The van der Waals surface area contributed by atoms with Crippen molar-refractivity contribution in [1.82, 2.24) is 10.6 Å². The van der Waals surface area contributed by atoms with Crippen molar-refractivity contribution in [1.29, 1.82) is 0 Å². The quantitative estimate of drug-likeness (QED) is 0.769. The van der Waals surface area contributed by atoms with Gasteiger partial charge in [0.1, 0.15) is 0 Å². The SMILES string of the molecule is CCC1(CNCC2C(C)(C)C2(C)C)CCCN1. The van der Waals surface area contributed by atoms with Crippen LogP contribution >= 0.6 is 0 Å². The summed E-state index contributed by atoms with van der Waals surface area (Å²) in [6.07, 6.45) is 3.93. The third-order valence-electron chi connectivity index (χ3n) is 6.14. The molecule has 0 aromatic heterocycles. The van der Waals surface area contributed by atoms with Gasteiger partial charge in [0, 0.05) is 12.1 Å². The minimum atomic E-state index is 0.392. The topological polar surface area (TPSA) is 24.1 Å². The predicted octanol–water partition coefficient (Wildman–Crippen LogP) is 2.79. The van der Waals surface area contributed by atoms with Crippen LogP contribution in [0.25, 0.3) is 0 Å². The lowest BCUT2D eigenvalue weighted by atomic mass is 9.94. The van der Waals surface area contributed by atoms with E-state index in [2.05, 4.69) is 45.3 Å². The van der Waals surface area contributed by atoms with Gasteiger partial charge in [0.15, 0.2) is 0 Å². The molecule has 1 heterocycles. The van der Waals surface area contributed by atoms with Gasteiger partial charge in [0.25, 0.3) is 0 Å². The second-order valence-electron chi connectivity index (χ2n) is 7.29. The predicted molar refractivity (Wildman–Crippen MR) is 74.2 cm³/mol. The summed E-state index contributed by atoms with van der Waals surface area (Å²) in [6, 6.07) is 0. The smallest absolute Gasteiger partial charge is 0.0304 e. The molecule has 1 aliphatic heterocycles. The maximum absolute atomic E-state index is 3.73. The molecule has 1 saturated carbocycles. The van der Waals surface area contributed by atoms with E-state index in [0.29, 0.717) is 16.4 Å². The van der Waals surface area contributed by atoms with Crippen molar-refractivity contribution in [2.75, 3.05) is 19.6 Å². The Hall–Kier alpha value is -0.0800. The molecule has 0 bridgehead atoms. The molecule has 2 heteroatoms. The van der Waals surface area contributed by atoms with Crippen LogP contribution < -0.4 is 10.6 Å². The van der Waals surface area contributed by atoms with Crippen LogP contribution in [-0.2, 0) is 0 Å². The Kier molecular flexibility index (Phi) is 3.33. The molecule has 100 valence electrons. The van der Waals surface area contributed by atoms with Crippen LogP contribution in [0, 0.1) is 16.7 Å². The van der Waals surface area contributed by atoms with E-state index in [1.54, 1.807) is 0 Å². The van der Waals surface area contributed by atoms with Crippen LogP contribution in [0.5, 0.6) is 0 Å². The molecular formula is C15H30N2. The first kappa shape index (κ1) is 13.4. The van der Waals surface area contributed by atoms with Crippen molar-refractivity contribution in [3.8, 4) is 0 Å². The fraction of sp³-hybridized carbons (Fsp3) is 1.00. The van der Waals surface area contributed by atoms with Crippen LogP contribution in [0.4, 0.5) is 0 Å². The maximum Gasteiger partial charge on any atom is 0.0304 e. The molecule has 2 N–H and O–H groups in total. The largest absolute Gasteiger partial charge is 0.315 e. The summed E-state index contributed by atoms with van der Waals surface area (Å²) in [6.45, 7) is 15.5. The number of hydrogen-bond acceptors (Lipinski definition) is 2. The van der Waals surface area contributed by atoms with Crippen LogP contribution in [0.1, 0.15) is 53.9 Å². The molecule has 1 saturated heterocycles. The summed E-state index contributed by atoms with van der Waals surface area (Å²) in [5.41, 5.74) is 1.42. The molecule has 1 aliphatic carbocycles. The summed E-state index contributed by atoms with van der Waals surface area (Å²) in [5, 5.41) is 7.42. The Morgan fingerprint density at radius 1 is 1.18 bits per heavy atom. The minimum Gasteiger partial charge on any atom is -0.315 e. The fourth-order valence-electron chi connectivity index (χ4n) is 3.75. The van der Waals surface area contributed by atoms with E-state index in [0.717, 1.165) is 12.5 Å². The molecule has 2 nitrogen and oxygen atoms in total. The van der Waals surface area contributed by atoms with Gasteiger partial charge in [0.2, 0.25) is 0 Å². The van der Waals surface area contributed by atoms with Gasteiger partial charge in [-0.25, -0.2) is 0 Å². The van der Waals surface area contributed by atoms with E-state index in [9.17, 15) is 0 Å². The van der Waals surface area contributed by atoms with Crippen molar-refractivity contribution in [3.05, 3.63) is 0 Å². The van der Waals surface area contributed by atoms with Gasteiger partial charge in [-0.2, -0.15) is 0 Å². The highest BCUT2D eigenvalue weighted by molar-refractivity contribution is 5.13. The zero-order chi connectivity index (χ0) is 12.7. The summed E-state index contributed by atoms with van der Waals surface area (Å²) in [5.74, 6) is 0.838. The number of hydrogen-bond donors (Lipinski definition) is 2. The van der Waals surface area contributed by atoms with Crippen molar-refractivity contribution in [2.45, 2.75) is 59.4 Å². The third kappa shape index (κ3) is 2.15. The molecule has 0 aromatic rings. The highest BCUT2D eigenvalue weighted by atomic mass is 15.1. The first-order chi connectivity index (χ1) is 7.86. The molecule has 17 heavy (non-hydrogen) atoms. The molecule has 2 rings (SSSR count). The van der Waals surface area contributed by atoms with Gasteiger partial charge in [-0.1, -0.05) is 34.6 Å². The Morgan fingerprint density at radius 2 is 1.82 bits per heavy atom. The molecular weight excluding hydrogens is 208 g/mol.